The molecule has 0 atom stereocenters. The molecule has 0 amide bonds. The third kappa shape index (κ3) is 3.68. The van der Waals surface area contributed by atoms with E-state index < -0.39 is 10.0 Å². The molecule has 19 heavy (non-hydrogen) atoms. The van der Waals surface area contributed by atoms with Crippen LogP contribution in [0.3, 0.4) is 0 Å². The van der Waals surface area contributed by atoms with Crippen LogP contribution in [0.5, 0.6) is 0 Å². The van der Waals surface area contributed by atoms with Gasteiger partial charge in [-0.1, -0.05) is 29.8 Å². The molecular formula is C11H13ClN4O2S. The first-order chi connectivity index (χ1) is 9.00. The van der Waals surface area contributed by atoms with Crippen LogP contribution in [-0.2, 0) is 16.6 Å². The van der Waals surface area contributed by atoms with Crippen molar-refractivity contribution in [2.45, 2.75) is 13.5 Å². The highest BCUT2D eigenvalue weighted by molar-refractivity contribution is 7.92. The summed E-state index contributed by atoms with van der Waals surface area (Å²) in [6.07, 6.45) is 1.46. The fourth-order valence-electron chi connectivity index (χ4n) is 1.43. The summed E-state index contributed by atoms with van der Waals surface area (Å²) in [5.74, 6) is 0.0420. The van der Waals surface area contributed by atoms with Gasteiger partial charge in [-0.15, -0.1) is 5.10 Å². The number of hydrogen-bond acceptors (Lipinski definition) is 4. The molecule has 0 spiro atoms. The van der Waals surface area contributed by atoms with Gasteiger partial charge in [-0.25, -0.2) is 17.8 Å². The average Bonchev–Trinajstić information content (AvgIpc) is 2.79. The number of nitrogens with zero attached hydrogens (tertiary/aromatic N) is 3. The van der Waals surface area contributed by atoms with Gasteiger partial charge in [-0.05, 0) is 18.6 Å². The first-order valence-corrected chi connectivity index (χ1v) is 7.66. The smallest absolute Gasteiger partial charge is 0.250 e. The highest BCUT2D eigenvalue weighted by atomic mass is 35.5. The monoisotopic (exact) mass is 300 g/mol. The van der Waals surface area contributed by atoms with Gasteiger partial charge in [0.05, 0.1) is 12.3 Å². The maximum atomic E-state index is 11.4. The second-order valence-electron chi connectivity index (χ2n) is 3.86. The number of nitrogens with one attached hydrogen (secondary N) is 1. The highest BCUT2D eigenvalue weighted by Crippen LogP contribution is 2.16. The van der Waals surface area contributed by atoms with Crippen LogP contribution < -0.4 is 4.72 Å². The summed E-state index contributed by atoms with van der Waals surface area (Å²) >= 11 is 6.04. The maximum absolute atomic E-state index is 11.4. The Morgan fingerprint density at radius 3 is 2.79 bits per heavy atom. The van der Waals surface area contributed by atoms with E-state index in [0.717, 1.165) is 5.56 Å². The lowest BCUT2D eigenvalue weighted by Crippen LogP contribution is -2.15. The van der Waals surface area contributed by atoms with Crippen molar-refractivity contribution in [3.63, 3.8) is 0 Å². The molecule has 102 valence electrons. The average molecular weight is 301 g/mol. The molecule has 6 nitrogen and oxygen atoms in total. The number of rotatable bonds is 5. The van der Waals surface area contributed by atoms with E-state index in [9.17, 15) is 8.42 Å². The minimum Gasteiger partial charge on any atom is -0.250 e. The van der Waals surface area contributed by atoms with Gasteiger partial charge in [0.25, 0.3) is 5.95 Å². The molecule has 2 aromatic rings. The van der Waals surface area contributed by atoms with Crippen molar-refractivity contribution < 1.29 is 8.42 Å². The molecule has 2 rings (SSSR count). The summed E-state index contributed by atoms with van der Waals surface area (Å²) in [6.45, 7) is 1.98. The van der Waals surface area contributed by atoms with Crippen molar-refractivity contribution in [3.8, 4) is 0 Å². The van der Waals surface area contributed by atoms with Crippen LogP contribution in [0.25, 0.3) is 0 Å². The molecule has 0 fully saturated rings. The Labute approximate surface area is 116 Å². The Morgan fingerprint density at radius 1 is 1.37 bits per heavy atom. The number of benzene rings is 1. The molecular weight excluding hydrogens is 288 g/mol. The molecule has 0 aliphatic rings. The standard InChI is InChI=1S/C11H13ClN4O2S/c1-2-19(17,18)15-11-13-8-16(14-11)7-9-5-3-4-6-10(9)12/h3-6,8H,2,7H2,1H3,(H,14,15). The topological polar surface area (TPSA) is 76.9 Å². The summed E-state index contributed by atoms with van der Waals surface area (Å²) in [5.41, 5.74) is 0.888. The quantitative estimate of drug-likeness (QED) is 0.912. The van der Waals surface area contributed by atoms with Crippen molar-refractivity contribution in [1.29, 1.82) is 0 Å². The summed E-state index contributed by atoms with van der Waals surface area (Å²) in [4.78, 5) is 3.89. The molecule has 0 unspecified atom stereocenters. The predicted octanol–water partition coefficient (Wildman–Crippen LogP) is 1.74. The normalized spacial score (nSPS) is 11.5. The van der Waals surface area contributed by atoms with Gasteiger partial charge in [0.1, 0.15) is 6.33 Å². The molecule has 8 heteroatoms. The fraction of sp³-hybridized carbons (Fsp3) is 0.273. The third-order valence-electron chi connectivity index (χ3n) is 2.45. The molecule has 1 heterocycles. The van der Waals surface area contributed by atoms with Crippen molar-refractivity contribution >= 4 is 27.6 Å². The van der Waals surface area contributed by atoms with E-state index in [4.69, 9.17) is 11.6 Å². The van der Waals surface area contributed by atoms with E-state index in [1.807, 2.05) is 18.2 Å². The summed E-state index contributed by atoms with van der Waals surface area (Å²) < 4.78 is 26.5. The maximum Gasteiger partial charge on any atom is 0.255 e. The van der Waals surface area contributed by atoms with Crippen molar-refractivity contribution in [2.24, 2.45) is 0 Å². The lowest BCUT2D eigenvalue weighted by molar-refractivity contribution is 0.601. The Kier molecular flexibility index (Phi) is 4.06. The Balaban J connectivity index is 2.12. The second kappa shape index (κ2) is 5.58. The first-order valence-electron chi connectivity index (χ1n) is 5.63. The van der Waals surface area contributed by atoms with Gasteiger partial charge in [0.15, 0.2) is 0 Å². The van der Waals surface area contributed by atoms with Crippen LogP contribution in [0.15, 0.2) is 30.6 Å². The van der Waals surface area contributed by atoms with Crippen LogP contribution in [-0.4, -0.2) is 28.9 Å². The predicted molar refractivity (Wildman–Crippen MR) is 73.7 cm³/mol. The van der Waals surface area contributed by atoms with E-state index in [1.54, 1.807) is 13.0 Å². The van der Waals surface area contributed by atoms with Crippen LogP contribution in [0.2, 0.25) is 5.02 Å². The number of aromatic nitrogens is 3. The van der Waals surface area contributed by atoms with Gasteiger partial charge in [0.2, 0.25) is 10.0 Å². The van der Waals surface area contributed by atoms with Gasteiger partial charge in [-0.3, -0.25) is 0 Å². The van der Waals surface area contributed by atoms with E-state index in [2.05, 4.69) is 14.8 Å². The van der Waals surface area contributed by atoms with Crippen molar-refractivity contribution in [2.75, 3.05) is 10.5 Å². The Hall–Kier alpha value is -1.60. The number of sulfonamides is 1. The fourth-order valence-corrected chi connectivity index (χ4v) is 2.14. The van der Waals surface area contributed by atoms with Gasteiger partial charge >= 0.3 is 0 Å². The van der Waals surface area contributed by atoms with Gasteiger partial charge in [-0.2, -0.15) is 4.98 Å². The van der Waals surface area contributed by atoms with Crippen LogP contribution in [0, 0.1) is 0 Å². The zero-order chi connectivity index (χ0) is 13.9. The molecule has 1 aromatic heterocycles. The highest BCUT2D eigenvalue weighted by Gasteiger charge is 2.10. The first kappa shape index (κ1) is 13.8. The van der Waals surface area contributed by atoms with Gasteiger partial charge < -0.3 is 0 Å². The second-order valence-corrected chi connectivity index (χ2v) is 6.28. The molecule has 0 bridgehead atoms. The summed E-state index contributed by atoms with van der Waals surface area (Å²) in [7, 11) is -3.35. The Bertz CT molecular complexity index is 669. The van der Waals surface area contributed by atoms with E-state index in [1.165, 1.54) is 11.0 Å². The largest absolute Gasteiger partial charge is 0.255 e. The number of anilines is 1. The lowest BCUT2D eigenvalue weighted by atomic mass is 10.2. The third-order valence-corrected chi connectivity index (χ3v) is 4.08. The molecule has 0 saturated heterocycles. The lowest BCUT2D eigenvalue weighted by Gasteiger charge is -2.03. The molecule has 1 aromatic carbocycles. The van der Waals surface area contributed by atoms with E-state index in [0.29, 0.717) is 11.6 Å². The van der Waals surface area contributed by atoms with Crippen LogP contribution in [0.4, 0.5) is 5.95 Å². The van der Waals surface area contributed by atoms with Gasteiger partial charge in [0, 0.05) is 5.02 Å². The van der Waals surface area contributed by atoms with Crippen molar-refractivity contribution in [1.82, 2.24) is 14.8 Å². The Morgan fingerprint density at radius 2 is 2.11 bits per heavy atom. The minimum absolute atomic E-state index is 0.0218. The molecule has 0 radical (unpaired) electrons. The summed E-state index contributed by atoms with van der Waals surface area (Å²) in [5, 5.41) is 4.67. The molecule has 0 aliphatic heterocycles. The van der Waals surface area contributed by atoms with Crippen LogP contribution >= 0.6 is 11.6 Å². The molecule has 1 N–H and O–H groups in total. The summed E-state index contributed by atoms with van der Waals surface area (Å²) in [6, 6.07) is 7.38. The van der Waals surface area contributed by atoms with E-state index >= 15 is 0 Å². The zero-order valence-corrected chi connectivity index (χ0v) is 11.8. The van der Waals surface area contributed by atoms with E-state index in [-0.39, 0.29) is 11.7 Å². The van der Waals surface area contributed by atoms with Crippen LogP contribution in [0.1, 0.15) is 12.5 Å². The number of halogens is 1. The zero-order valence-electron chi connectivity index (χ0n) is 10.2. The SMILES string of the molecule is CCS(=O)(=O)Nc1ncn(Cc2ccccc2Cl)n1. The molecule has 0 aliphatic carbocycles. The molecule has 0 saturated carbocycles. The number of hydrogen-bond donors (Lipinski definition) is 1. The van der Waals surface area contributed by atoms with Crippen molar-refractivity contribution in [3.05, 3.63) is 41.2 Å². The minimum atomic E-state index is -3.35.